The molecule has 1 amide bonds. The highest BCUT2D eigenvalue weighted by atomic mass is 16.2. The van der Waals surface area contributed by atoms with Crippen molar-refractivity contribution in [2.24, 2.45) is 5.92 Å². The van der Waals surface area contributed by atoms with Crippen molar-refractivity contribution in [3.63, 3.8) is 0 Å². The fourth-order valence-corrected chi connectivity index (χ4v) is 3.67. The number of likely N-dealkylation sites (tertiary alicyclic amines) is 1. The summed E-state index contributed by atoms with van der Waals surface area (Å²) in [6.07, 6.45) is 4.54. The Labute approximate surface area is 153 Å². The summed E-state index contributed by atoms with van der Waals surface area (Å²) >= 11 is 0. The molecule has 0 radical (unpaired) electrons. The van der Waals surface area contributed by atoms with Gasteiger partial charge in [-0.15, -0.1) is 0 Å². The van der Waals surface area contributed by atoms with Crippen molar-refractivity contribution >= 4 is 16.8 Å². The number of nitrogens with one attached hydrogen (secondary N) is 1. The van der Waals surface area contributed by atoms with Gasteiger partial charge in [0.1, 0.15) is 0 Å². The summed E-state index contributed by atoms with van der Waals surface area (Å²) in [6, 6.07) is 13.6. The first kappa shape index (κ1) is 16.7. The zero-order valence-corrected chi connectivity index (χ0v) is 14.9. The molecule has 132 valence electrons. The first-order chi connectivity index (χ1) is 12.8. The van der Waals surface area contributed by atoms with Gasteiger partial charge in [0, 0.05) is 36.4 Å². The molecular weight excluding hydrogens is 324 g/mol. The molecule has 1 aromatic carbocycles. The summed E-state index contributed by atoms with van der Waals surface area (Å²) in [5.41, 5.74) is 3.35. The molecule has 1 aliphatic rings. The Hall–Kier alpha value is -2.79. The molecule has 1 atom stereocenters. The van der Waals surface area contributed by atoms with Gasteiger partial charge in [-0.1, -0.05) is 18.2 Å². The SMILES string of the molecule is CNCC1CCN(C(=O)c2cc(-c3ccncc3)nc3ccccc23)C1. The number of para-hydroxylation sites is 1. The molecule has 5 nitrogen and oxygen atoms in total. The third kappa shape index (κ3) is 3.18. The van der Waals surface area contributed by atoms with Gasteiger partial charge in [0.05, 0.1) is 16.8 Å². The second-order valence-corrected chi connectivity index (χ2v) is 6.77. The monoisotopic (exact) mass is 346 g/mol. The molecule has 0 bridgehead atoms. The molecule has 1 N–H and O–H groups in total. The fourth-order valence-electron chi connectivity index (χ4n) is 3.67. The number of aromatic nitrogens is 2. The quantitative estimate of drug-likeness (QED) is 0.789. The number of carbonyl (C=O) groups excluding carboxylic acids is 1. The van der Waals surface area contributed by atoms with Gasteiger partial charge in [-0.05, 0) is 50.2 Å². The standard InChI is InChI=1S/C21H22N4O/c1-22-13-15-8-11-25(14-15)21(26)18-12-20(16-6-9-23-10-7-16)24-19-5-3-2-4-17(18)19/h2-7,9-10,12,15,22H,8,11,13-14H2,1H3. The van der Waals surface area contributed by atoms with Crippen LogP contribution in [0.25, 0.3) is 22.2 Å². The number of fused-ring (bicyclic) bond motifs is 1. The number of carbonyl (C=O) groups is 1. The largest absolute Gasteiger partial charge is 0.338 e. The molecule has 2 aromatic heterocycles. The van der Waals surface area contributed by atoms with E-state index in [0.29, 0.717) is 5.92 Å². The molecule has 1 unspecified atom stereocenters. The van der Waals surface area contributed by atoms with Gasteiger partial charge in [-0.25, -0.2) is 4.98 Å². The highest BCUT2D eigenvalue weighted by Crippen LogP contribution is 2.27. The van der Waals surface area contributed by atoms with E-state index >= 15 is 0 Å². The van der Waals surface area contributed by atoms with Crippen molar-refractivity contribution in [1.82, 2.24) is 20.2 Å². The molecule has 1 saturated heterocycles. The fraction of sp³-hybridized carbons (Fsp3) is 0.286. The molecule has 3 aromatic rings. The Morgan fingerprint density at radius 1 is 1.23 bits per heavy atom. The van der Waals surface area contributed by atoms with Crippen LogP contribution in [0.2, 0.25) is 0 Å². The normalized spacial score (nSPS) is 17.0. The van der Waals surface area contributed by atoms with Gasteiger partial charge in [0.15, 0.2) is 0 Å². The Morgan fingerprint density at radius 3 is 2.85 bits per heavy atom. The average Bonchev–Trinajstić information content (AvgIpc) is 3.16. The van der Waals surface area contributed by atoms with Crippen LogP contribution in [0, 0.1) is 5.92 Å². The molecule has 0 spiro atoms. The van der Waals surface area contributed by atoms with Crippen molar-refractivity contribution < 1.29 is 4.79 Å². The number of pyridine rings is 2. The van der Waals surface area contributed by atoms with Gasteiger partial charge < -0.3 is 10.2 Å². The molecule has 5 heteroatoms. The first-order valence-electron chi connectivity index (χ1n) is 9.00. The van der Waals surface area contributed by atoms with E-state index in [1.165, 1.54) is 0 Å². The lowest BCUT2D eigenvalue weighted by Gasteiger charge is -2.18. The average molecular weight is 346 g/mol. The highest BCUT2D eigenvalue weighted by molar-refractivity contribution is 6.07. The van der Waals surface area contributed by atoms with Crippen LogP contribution < -0.4 is 5.32 Å². The molecule has 3 heterocycles. The molecule has 26 heavy (non-hydrogen) atoms. The zero-order valence-electron chi connectivity index (χ0n) is 14.9. The number of hydrogen-bond donors (Lipinski definition) is 1. The molecule has 0 aliphatic carbocycles. The summed E-state index contributed by atoms with van der Waals surface area (Å²) in [6.45, 7) is 2.57. The topological polar surface area (TPSA) is 58.1 Å². The number of nitrogens with zero attached hydrogens (tertiary/aromatic N) is 3. The smallest absolute Gasteiger partial charge is 0.254 e. The summed E-state index contributed by atoms with van der Waals surface area (Å²) in [7, 11) is 1.96. The van der Waals surface area contributed by atoms with Crippen LogP contribution in [-0.4, -0.2) is 47.5 Å². The van der Waals surface area contributed by atoms with Crippen molar-refractivity contribution in [2.75, 3.05) is 26.7 Å². The van der Waals surface area contributed by atoms with Crippen LogP contribution in [-0.2, 0) is 0 Å². The lowest BCUT2D eigenvalue weighted by atomic mass is 10.0. The zero-order chi connectivity index (χ0) is 17.9. The minimum absolute atomic E-state index is 0.0949. The van der Waals surface area contributed by atoms with E-state index in [2.05, 4.69) is 10.3 Å². The van der Waals surface area contributed by atoms with Crippen LogP contribution in [0.1, 0.15) is 16.8 Å². The molecular formula is C21H22N4O. The lowest BCUT2D eigenvalue weighted by molar-refractivity contribution is 0.0789. The van der Waals surface area contributed by atoms with E-state index in [0.717, 1.165) is 53.8 Å². The van der Waals surface area contributed by atoms with E-state index in [4.69, 9.17) is 4.98 Å². The van der Waals surface area contributed by atoms with Crippen LogP contribution >= 0.6 is 0 Å². The van der Waals surface area contributed by atoms with Crippen molar-refractivity contribution in [2.45, 2.75) is 6.42 Å². The van der Waals surface area contributed by atoms with Gasteiger partial charge in [0.2, 0.25) is 0 Å². The maximum absolute atomic E-state index is 13.3. The Morgan fingerprint density at radius 2 is 2.04 bits per heavy atom. The maximum Gasteiger partial charge on any atom is 0.254 e. The van der Waals surface area contributed by atoms with E-state index in [9.17, 15) is 4.79 Å². The van der Waals surface area contributed by atoms with Crippen LogP contribution in [0.3, 0.4) is 0 Å². The number of rotatable bonds is 4. The second-order valence-electron chi connectivity index (χ2n) is 6.77. The summed E-state index contributed by atoms with van der Waals surface area (Å²) < 4.78 is 0. The van der Waals surface area contributed by atoms with E-state index in [-0.39, 0.29) is 5.91 Å². The predicted octanol–water partition coefficient (Wildman–Crippen LogP) is 2.98. The Balaban J connectivity index is 1.75. The third-order valence-corrected chi connectivity index (χ3v) is 4.99. The molecule has 4 rings (SSSR count). The summed E-state index contributed by atoms with van der Waals surface area (Å²) in [5.74, 6) is 0.620. The predicted molar refractivity (Wildman–Crippen MR) is 103 cm³/mol. The lowest BCUT2D eigenvalue weighted by Crippen LogP contribution is -2.30. The van der Waals surface area contributed by atoms with Crippen LogP contribution in [0.15, 0.2) is 54.9 Å². The highest BCUT2D eigenvalue weighted by Gasteiger charge is 2.27. The van der Waals surface area contributed by atoms with E-state index < -0.39 is 0 Å². The van der Waals surface area contributed by atoms with E-state index in [1.54, 1.807) is 12.4 Å². The van der Waals surface area contributed by atoms with Crippen LogP contribution in [0.5, 0.6) is 0 Å². The van der Waals surface area contributed by atoms with Gasteiger partial charge in [-0.3, -0.25) is 9.78 Å². The number of amides is 1. The first-order valence-corrected chi connectivity index (χ1v) is 9.00. The van der Waals surface area contributed by atoms with Gasteiger partial charge in [0.25, 0.3) is 5.91 Å². The van der Waals surface area contributed by atoms with E-state index in [1.807, 2.05) is 54.4 Å². The Bertz CT molecular complexity index is 926. The van der Waals surface area contributed by atoms with Crippen molar-refractivity contribution in [3.05, 3.63) is 60.4 Å². The minimum atomic E-state index is 0.0949. The number of hydrogen-bond acceptors (Lipinski definition) is 4. The molecule has 1 aliphatic heterocycles. The van der Waals surface area contributed by atoms with Gasteiger partial charge in [-0.2, -0.15) is 0 Å². The van der Waals surface area contributed by atoms with Crippen molar-refractivity contribution in [3.8, 4) is 11.3 Å². The Kier molecular flexibility index (Phi) is 4.63. The summed E-state index contributed by atoms with van der Waals surface area (Å²) in [4.78, 5) is 24.1. The summed E-state index contributed by atoms with van der Waals surface area (Å²) in [5, 5.41) is 4.12. The molecule has 1 fully saturated rings. The number of benzene rings is 1. The van der Waals surface area contributed by atoms with Crippen molar-refractivity contribution in [1.29, 1.82) is 0 Å². The van der Waals surface area contributed by atoms with Crippen LogP contribution in [0.4, 0.5) is 0 Å². The minimum Gasteiger partial charge on any atom is -0.338 e. The third-order valence-electron chi connectivity index (χ3n) is 4.99. The molecule has 0 saturated carbocycles. The maximum atomic E-state index is 13.3. The second kappa shape index (κ2) is 7.22. The van der Waals surface area contributed by atoms with Gasteiger partial charge >= 0.3 is 0 Å².